The molecule has 84 valence electrons. The first-order valence-corrected chi connectivity index (χ1v) is 4.61. The average molecular weight is 288 g/mol. The summed E-state index contributed by atoms with van der Waals surface area (Å²) < 4.78 is 53.2. The van der Waals surface area contributed by atoms with E-state index in [4.69, 9.17) is 0 Å². The van der Waals surface area contributed by atoms with Gasteiger partial charge >= 0.3 is 12.3 Å². The van der Waals surface area contributed by atoms with Gasteiger partial charge in [-0.2, -0.15) is 8.78 Å². The Balaban J connectivity index is 2.54. The maximum absolute atomic E-state index is 12.4. The third kappa shape index (κ3) is 3.65. The minimum Gasteiger partial charge on any atom is -0.485 e. The fourth-order valence-electron chi connectivity index (χ4n) is 0.690. The van der Waals surface area contributed by atoms with Crippen LogP contribution in [0.3, 0.4) is 0 Å². The smallest absolute Gasteiger partial charge is 0.340 e. The summed E-state index contributed by atoms with van der Waals surface area (Å²) in [5.74, 6) is -4.13. The highest BCUT2D eigenvalue weighted by atomic mass is 79.9. The van der Waals surface area contributed by atoms with Crippen LogP contribution in [0, 0.1) is 0 Å². The van der Waals surface area contributed by atoms with Gasteiger partial charge in [-0.3, -0.25) is 0 Å². The van der Waals surface area contributed by atoms with E-state index in [1.54, 1.807) is 0 Å². The van der Waals surface area contributed by atoms with E-state index in [0.29, 0.717) is 4.60 Å². The number of rotatable bonds is 4. The first-order chi connectivity index (χ1) is 6.92. The van der Waals surface area contributed by atoms with Gasteiger partial charge in [-0.25, -0.2) is 13.8 Å². The number of pyridine rings is 1. The van der Waals surface area contributed by atoms with Crippen LogP contribution in [-0.2, 0) is 0 Å². The van der Waals surface area contributed by atoms with Crippen molar-refractivity contribution in [2.24, 2.45) is 0 Å². The highest BCUT2D eigenvalue weighted by molar-refractivity contribution is 9.10. The molecule has 1 aromatic rings. The van der Waals surface area contributed by atoms with Gasteiger partial charge in [0.05, 0.1) is 6.20 Å². The standard InChI is InChI=1S/C8H6BrF4NO/c9-6-2-1-5(3-14-6)15-4-8(12,13)7(10)11/h1-3,7H,4H2. The summed E-state index contributed by atoms with van der Waals surface area (Å²) in [6.45, 7) is -1.37. The summed E-state index contributed by atoms with van der Waals surface area (Å²) in [5.41, 5.74) is 0. The largest absolute Gasteiger partial charge is 0.485 e. The molecule has 0 aliphatic carbocycles. The molecule has 1 heterocycles. The molecule has 1 rings (SSSR count). The van der Waals surface area contributed by atoms with Crippen molar-refractivity contribution in [3.63, 3.8) is 0 Å². The minimum atomic E-state index is -4.15. The van der Waals surface area contributed by atoms with Crippen LogP contribution in [0.4, 0.5) is 17.6 Å². The molecule has 0 aliphatic heterocycles. The maximum Gasteiger partial charge on any atom is 0.340 e. The van der Waals surface area contributed by atoms with Gasteiger partial charge in [0.25, 0.3) is 0 Å². The second-order valence-electron chi connectivity index (χ2n) is 2.67. The second-order valence-corrected chi connectivity index (χ2v) is 3.48. The Hall–Kier alpha value is -0.850. The fraction of sp³-hybridized carbons (Fsp3) is 0.375. The Labute approximate surface area is 91.4 Å². The van der Waals surface area contributed by atoms with Crippen LogP contribution >= 0.6 is 15.9 Å². The Morgan fingerprint density at radius 1 is 1.40 bits per heavy atom. The highest BCUT2D eigenvalue weighted by Crippen LogP contribution is 2.24. The molecule has 0 atom stereocenters. The van der Waals surface area contributed by atoms with Crippen molar-refractivity contribution in [2.45, 2.75) is 12.3 Å². The summed E-state index contributed by atoms with van der Waals surface area (Å²) in [6.07, 6.45) is -2.58. The predicted molar refractivity (Wildman–Crippen MR) is 48.4 cm³/mol. The van der Waals surface area contributed by atoms with Crippen LogP contribution in [0.5, 0.6) is 5.75 Å². The number of ether oxygens (including phenoxy) is 1. The van der Waals surface area contributed by atoms with Crippen LogP contribution in [0.1, 0.15) is 0 Å². The quantitative estimate of drug-likeness (QED) is 0.627. The fourth-order valence-corrected chi connectivity index (χ4v) is 0.925. The predicted octanol–water partition coefficient (Wildman–Crippen LogP) is 3.12. The van der Waals surface area contributed by atoms with Gasteiger partial charge in [0, 0.05) is 0 Å². The summed E-state index contributed by atoms with van der Waals surface area (Å²) in [4.78, 5) is 3.68. The molecule has 0 aliphatic rings. The van der Waals surface area contributed by atoms with E-state index in [2.05, 4.69) is 25.7 Å². The lowest BCUT2D eigenvalue weighted by molar-refractivity contribution is -0.148. The molecular formula is C8H6BrF4NO. The number of hydrogen-bond acceptors (Lipinski definition) is 2. The molecule has 0 unspecified atom stereocenters. The molecule has 2 nitrogen and oxygen atoms in total. The van der Waals surface area contributed by atoms with E-state index < -0.39 is 19.0 Å². The zero-order chi connectivity index (χ0) is 11.5. The van der Waals surface area contributed by atoms with Crippen molar-refractivity contribution < 1.29 is 22.3 Å². The molecule has 15 heavy (non-hydrogen) atoms. The molecule has 0 spiro atoms. The summed E-state index contributed by atoms with van der Waals surface area (Å²) in [6, 6.07) is 2.80. The van der Waals surface area contributed by atoms with Crippen LogP contribution in [-0.4, -0.2) is 23.9 Å². The van der Waals surface area contributed by atoms with Crippen LogP contribution in [0.25, 0.3) is 0 Å². The third-order valence-corrected chi connectivity index (χ3v) is 1.92. The molecule has 0 fully saturated rings. The third-order valence-electron chi connectivity index (χ3n) is 1.45. The Morgan fingerprint density at radius 2 is 2.07 bits per heavy atom. The van der Waals surface area contributed by atoms with Gasteiger partial charge in [0.15, 0.2) is 6.61 Å². The van der Waals surface area contributed by atoms with E-state index >= 15 is 0 Å². The zero-order valence-electron chi connectivity index (χ0n) is 7.26. The normalized spacial score (nSPS) is 11.9. The van der Waals surface area contributed by atoms with Gasteiger partial charge in [-0.15, -0.1) is 0 Å². The van der Waals surface area contributed by atoms with E-state index in [0.717, 1.165) is 6.20 Å². The first-order valence-electron chi connectivity index (χ1n) is 3.82. The Morgan fingerprint density at radius 3 is 2.53 bits per heavy atom. The number of nitrogens with zero attached hydrogens (tertiary/aromatic N) is 1. The van der Waals surface area contributed by atoms with Crippen molar-refractivity contribution in [2.75, 3.05) is 6.61 Å². The van der Waals surface area contributed by atoms with Crippen molar-refractivity contribution in [3.05, 3.63) is 22.9 Å². The van der Waals surface area contributed by atoms with E-state index in [9.17, 15) is 17.6 Å². The maximum atomic E-state index is 12.4. The lowest BCUT2D eigenvalue weighted by atomic mass is 10.4. The van der Waals surface area contributed by atoms with Crippen LogP contribution in [0.15, 0.2) is 22.9 Å². The van der Waals surface area contributed by atoms with Gasteiger partial charge in [-0.1, -0.05) is 0 Å². The van der Waals surface area contributed by atoms with E-state index in [-0.39, 0.29) is 5.75 Å². The van der Waals surface area contributed by atoms with E-state index in [1.165, 1.54) is 12.1 Å². The Kier molecular flexibility index (Phi) is 3.90. The lowest BCUT2D eigenvalue weighted by Gasteiger charge is -2.15. The molecule has 0 radical (unpaired) electrons. The summed E-state index contributed by atoms with van der Waals surface area (Å²) in [5, 5.41) is 0. The first kappa shape index (κ1) is 12.2. The van der Waals surface area contributed by atoms with Gasteiger partial charge in [-0.05, 0) is 28.1 Å². The second kappa shape index (κ2) is 4.78. The van der Waals surface area contributed by atoms with Gasteiger partial charge in [0.1, 0.15) is 10.4 Å². The highest BCUT2D eigenvalue weighted by Gasteiger charge is 2.41. The summed E-state index contributed by atoms with van der Waals surface area (Å²) >= 11 is 3.02. The van der Waals surface area contributed by atoms with Crippen LogP contribution in [0.2, 0.25) is 0 Å². The molecule has 0 N–H and O–H groups in total. The van der Waals surface area contributed by atoms with Crippen molar-refractivity contribution in [1.82, 2.24) is 4.98 Å². The summed E-state index contributed by atoms with van der Waals surface area (Å²) in [7, 11) is 0. The van der Waals surface area contributed by atoms with Gasteiger partial charge < -0.3 is 4.74 Å². The lowest BCUT2D eigenvalue weighted by Crippen LogP contribution is -2.33. The topological polar surface area (TPSA) is 22.1 Å². The number of halogens is 5. The molecule has 7 heteroatoms. The average Bonchev–Trinajstić information content (AvgIpc) is 2.17. The number of aromatic nitrogens is 1. The number of alkyl halides is 4. The molecule has 0 amide bonds. The molecule has 0 bridgehead atoms. The van der Waals surface area contributed by atoms with Crippen molar-refractivity contribution in [1.29, 1.82) is 0 Å². The van der Waals surface area contributed by atoms with Gasteiger partial charge in [0.2, 0.25) is 0 Å². The monoisotopic (exact) mass is 287 g/mol. The molecule has 0 saturated carbocycles. The minimum absolute atomic E-state index is 0.0125. The van der Waals surface area contributed by atoms with Crippen LogP contribution < -0.4 is 4.74 Å². The molecule has 0 saturated heterocycles. The molecule has 1 aromatic heterocycles. The molecular weight excluding hydrogens is 282 g/mol. The van der Waals surface area contributed by atoms with Crippen molar-refractivity contribution >= 4 is 15.9 Å². The molecule has 0 aromatic carbocycles. The zero-order valence-corrected chi connectivity index (χ0v) is 8.85. The Bertz CT molecular complexity index is 317. The van der Waals surface area contributed by atoms with Crippen molar-refractivity contribution in [3.8, 4) is 5.75 Å². The SMILES string of the molecule is FC(F)C(F)(F)COc1ccc(Br)nc1. The van der Waals surface area contributed by atoms with E-state index in [1.807, 2.05) is 0 Å². The number of hydrogen-bond donors (Lipinski definition) is 0.